The smallest absolute Gasteiger partial charge is 0.171 e. The maximum atomic E-state index is 5.66. The summed E-state index contributed by atoms with van der Waals surface area (Å²) in [6.07, 6.45) is 6.10. The molecular formula is C6H4BrClN+. The van der Waals surface area contributed by atoms with Crippen LogP contribution in [0.2, 0.25) is 0 Å². The van der Waals surface area contributed by atoms with Crippen LogP contribution in [0, 0.1) is 6.08 Å². The lowest BCUT2D eigenvalue weighted by Crippen LogP contribution is -1.98. The van der Waals surface area contributed by atoms with E-state index in [1.54, 1.807) is 12.2 Å². The van der Waals surface area contributed by atoms with Crippen LogP contribution < -0.4 is 5.73 Å². The normalized spacial score (nSPS) is 17.3. The fourth-order valence-electron chi connectivity index (χ4n) is 0.469. The first-order valence-electron chi connectivity index (χ1n) is 2.32. The summed E-state index contributed by atoms with van der Waals surface area (Å²) in [4.78, 5) is 0. The monoisotopic (exact) mass is 204 g/mol. The molecule has 0 fully saturated rings. The van der Waals surface area contributed by atoms with E-state index < -0.39 is 0 Å². The molecule has 0 aromatic rings. The molecule has 9 heavy (non-hydrogen) atoms. The molecule has 1 aliphatic rings. The second-order valence-corrected chi connectivity index (χ2v) is 2.77. The maximum Gasteiger partial charge on any atom is 0.171 e. The van der Waals surface area contributed by atoms with Crippen LogP contribution in [0.15, 0.2) is 27.4 Å². The Morgan fingerprint density at radius 3 is 2.78 bits per heavy atom. The summed E-state index contributed by atoms with van der Waals surface area (Å²) in [5, 5.41) is 0.593. The lowest BCUT2D eigenvalue weighted by Gasteiger charge is -1.91. The van der Waals surface area contributed by atoms with Crippen molar-refractivity contribution >= 4 is 27.5 Å². The van der Waals surface area contributed by atoms with Gasteiger partial charge in [-0.05, 0) is 15.9 Å². The van der Waals surface area contributed by atoms with Crippen molar-refractivity contribution in [2.24, 2.45) is 5.73 Å². The average Bonchev–Trinajstić information content (AvgIpc) is 1.83. The minimum absolute atomic E-state index is 0.593. The van der Waals surface area contributed by atoms with E-state index in [4.69, 9.17) is 17.3 Å². The Morgan fingerprint density at radius 1 is 1.67 bits per heavy atom. The zero-order valence-electron chi connectivity index (χ0n) is 4.49. The van der Waals surface area contributed by atoms with Gasteiger partial charge in [0.2, 0.25) is 0 Å². The third-order valence-electron chi connectivity index (χ3n) is 0.912. The standard InChI is InChI=1S/C6H4BrClN/c7-6-4(8)2-1-3-5(6)9/h2-3H,9H2/q+1. The van der Waals surface area contributed by atoms with Gasteiger partial charge < -0.3 is 5.73 Å². The summed E-state index contributed by atoms with van der Waals surface area (Å²) in [6, 6.07) is 0. The predicted molar refractivity (Wildman–Crippen MR) is 41.9 cm³/mol. The molecule has 0 amide bonds. The fourth-order valence-corrected chi connectivity index (χ4v) is 0.870. The molecule has 0 aromatic carbocycles. The van der Waals surface area contributed by atoms with Crippen LogP contribution in [0.5, 0.6) is 0 Å². The summed E-state index contributed by atoms with van der Waals surface area (Å²) < 4.78 is 0.739. The lowest BCUT2D eigenvalue weighted by molar-refractivity contribution is 1.38. The number of rotatable bonds is 0. The minimum atomic E-state index is 0.593. The Labute approximate surface area is 67.0 Å². The third-order valence-corrected chi connectivity index (χ3v) is 2.32. The van der Waals surface area contributed by atoms with E-state index in [-0.39, 0.29) is 0 Å². The second-order valence-electron chi connectivity index (χ2n) is 1.57. The largest absolute Gasteiger partial charge is 0.346 e. The number of nitrogens with two attached hydrogens (primary N) is 1. The molecule has 3 heteroatoms. The number of allylic oxidation sites excluding steroid dienone is 5. The van der Waals surface area contributed by atoms with Crippen LogP contribution in [0.1, 0.15) is 0 Å². The Bertz CT molecular complexity index is 215. The van der Waals surface area contributed by atoms with Crippen molar-refractivity contribution in [3.63, 3.8) is 0 Å². The van der Waals surface area contributed by atoms with Crippen molar-refractivity contribution in [1.82, 2.24) is 0 Å². The number of hydrogen-bond donors (Lipinski definition) is 1. The number of halogens is 2. The molecule has 0 aromatic heterocycles. The van der Waals surface area contributed by atoms with Crippen molar-refractivity contribution < 1.29 is 0 Å². The van der Waals surface area contributed by atoms with E-state index in [0.717, 1.165) is 4.48 Å². The van der Waals surface area contributed by atoms with E-state index >= 15 is 0 Å². The molecule has 0 saturated heterocycles. The Hall–Kier alpha value is -0.300. The zero-order chi connectivity index (χ0) is 6.85. The van der Waals surface area contributed by atoms with Gasteiger partial charge in [-0.15, -0.1) is 0 Å². The van der Waals surface area contributed by atoms with Gasteiger partial charge in [0.05, 0.1) is 0 Å². The van der Waals surface area contributed by atoms with Gasteiger partial charge in [-0.1, -0.05) is 0 Å². The SMILES string of the molecule is NC1=C(Br)C(Cl)=C[C+]=C1. The summed E-state index contributed by atoms with van der Waals surface area (Å²) in [6.45, 7) is 0. The Morgan fingerprint density at radius 2 is 2.33 bits per heavy atom. The third kappa shape index (κ3) is 1.33. The zero-order valence-corrected chi connectivity index (χ0v) is 6.83. The molecular weight excluding hydrogens is 201 g/mol. The molecule has 0 saturated carbocycles. The maximum absolute atomic E-state index is 5.66. The van der Waals surface area contributed by atoms with Crippen molar-refractivity contribution in [1.29, 1.82) is 0 Å². The van der Waals surface area contributed by atoms with E-state index in [1.165, 1.54) is 0 Å². The van der Waals surface area contributed by atoms with E-state index in [2.05, 4.69) is 22.0 Å². The molecule has 0 atom stereocenters. The van der Waals surface area contributed by atoms with Crippen molar-refractivity contribution in [2.75, 3.05) is 0 Å². The second kappa shape index (κ2) is 2.53. The molecule has 1 rings (SSSR count). The molecule has 0 radical (unpaired) electrons. The van der Waals surface area contributed by atoms with Gasteiger partial charge >= 0.3 is 0 Å². The first-order chi connectivity index (χ1) is 4.22. The van der Waals surface area contributed by atoms with Crippen LogP contribution in [0.3, 0.4) is 0 Å². The Kier molecular flexibility index (Phi) is 1.91. The highest BCUT2D eigenvalue weighted by Crippen LogP contribution is 2.25. The van der Waals surface area contributed by atoms with Gasteiger partial charge in [-0.25, -0.2) is 0 Å². The average molecular weight is 205 g/mol. The van der Waals surface area contributed by atoms with Crippen LogP contribution in [-0.2, 0) is 0 Å². The minimum Gasteiger partial charge on any atom is -0.346 e. The molecule has 0 spiro atoms. The molecule has 0 bridgehead atoms. The van der Waals surface area contributed by atoms with Crippen molar-refractivity contribution in [3.05, 3.63) is 33.4 Å². The van der Waals surface area contributed by atoms with Gasteiger partial charge in [0.25, 0.3) is 0 Å². The summed E-state index contributed by atoms with van der Waals surface area (Å²) in [5.74, 6) is 0. The molecule has 2 N–H and O–H groups in total. The molecule has 46 valence electrons. The van der Waals surface area contributed by atoms with Crippen molar-refractivity contribution in [3.8, 4) is 0 Å². The quantitative estimate of drug-likeness (QED) is 0.602. The van der Waals surface area contributed by atoms with Crippen molar-refractivity contribution in [2.45, 2.75) is 0 Å². The topological polar surface area (TPSA) is 26.0 Å². The molecule has 0 aliphatic heterocycles. The van der Waals surface area contributed by atoms with Crippen LogP contribution in [-0.4, -0.2) is 0 Å². The van der Waals surface area contributed by atoms with Gasteiger partial charge in [-0.3, -0.25) is 0 Å². The number of hydrogen-bond acceptors (Lipinski definition) is 1. The van der Waals surface area contributed by atoms with E-state index in [9.17, 15) is 0 Å². The van der Waals surface area contributed by atoms with Gasteiger partial charge in [0, 0.05) is 17.7 Å². The molecule has 0 heterocycles. The highest BCUT2D eigenvalue weighted by molar-refractivity contribution is 9.12. The van der Waals surface area contributed by atoms with Crippen LogP contribution >= 0.6 is 27.5 Å². The van der Waals surface area contributed by atoms with Crippen LogP contribution in [0.4, 0.5) is 0 Å². The fraction of sp³-hybridized carbons (Fsp3) is 0. The first kappa shape index (κ1) is 6.81. The first-order valence-corrected chi connectivity index (χ1v) is 3.49. The summed E-state index contributed by atoms with van der Waals surface area (Å²) >= 11 is 8.86. The highest BCUT2D eigenvalue weighted by Gasteiger charge is 2.14. The molecule has 1 nitrogen and oxygen atoms in total. The predicted octanol–water partition coefficient (Wildman–Crippen LogP) is 2.05. The summed E-state index contributed by atoms with van der Waals surface area (Å²) in [7, 11) is 0. The van der Waals surface area contributed by atoms with Crippen LogP contribution in [0.25, 0.3) is 0 Å². The lowest BCUT2D eigenvalue weighted by atomic mass is 10.2. The molecule has 1 aliphatic carbocycles. The highest BCUT2D eigenvalue weighted by atomic mass is 79.9. The van der Waals surface area contributed by atoms with E-state index in [0.29, 0.717) is 10.7 Å². The van der Waals surface area contributed by atoms with Gasteiger partial charge in [0.15, 0.2) is 15.2 Å². The molecule has 0 unspecified atom stereocenters. The van der Waals surface area contributed by atoms with E-state index in [1.807, 2.05) is 0 Å². The Balaban J connectivity index is 3.06. The summed E-state index contributed by atoms with van der Waals surface area (Å²) in [5.41, 5.74) is 6.07. The van der Waals surface area contributed by atoms with Gasteiger partial charge in [0.1, 0.15) is 12.2 Å². The van der Waals surface area contributed by atoms with Gasteiger partial charge in [-0.2, -0.15) is 0 Å².